The van der Waals surface area contributed by atoms with Gasteiger partial charge in [0.15, 0.2) is 0 Å². The molecular formula is C15H15ClN2O2S. The molecule has 0 bridgehead atoms. The van der Waals surface area contributed by atoms with Gasteiger partial charge >= 0.3 is 0 Å². The summed E-state index contributed by atoms with van der Waals surface area (Å²) in [5.41, 5.74) is 6.18. The van der Waals surface area contributed by atoms with Crippen molar-refractivity contribution in [1.29, 1.82) is 0 Å². The van der Waals surface area contributed by atoms with Crippen LogP contribution < -0.4 is 5.73 Å². The number of carbonyl (C=O) groups excluding carboxylic acids is 2. The Labute approximate surface area is 132 Å². The summed E-state index contributed by atoms with van der Waals surface area (Å²) in [6.07, 6.45) is 0.137. The first-order valence-electron chi connectivity index (χ1n) is 6.43. The number of thiophene rings is 1. The van der Waals surface area contributed by atoms with Crippen molar-refractivity contribution in [3.05, 3.63) is 57.2 Å². The van der Waals surface area contributed by atoms with Crippen LogP contribution in [0.15, 0.2) is 42.5 Å². The van der Waals surface area contributed by atoms with Crippen LogP contribution >= 0.6 is 22.9 Å². The lowest BCUT2D eigenvalue weighted by Gasteiger charge is -2.21. The highest BCUT2D eigenvalue weighted by atomic mass is 35.5. The van der Waals surface area contributed by atoms with Crippen LogP contribution in [0.2, 0.25) is 4.34 Å². The number of carbonyl (C=O) groups is 2. The van der Waals surface area contributed by atoms with Crippen LogP contribution in [0, 0.1) is 0 Å². The van der Waals surface area contributed by atoms with Gasteiger partial charge in [0.05, 0.1) is 9.21 Å². The van der Waals surface area contributed by atoms with E-state index in [1.165, 1.54) is 11.3 Å². The predicted octanol–water partition coefficient (Wildman–Crippen LogP) is 2.92. The molecule has 1 heterocycles. The molecule has 4 nitrogen and oxygen atoms in total. The summed E-state index contributed by atoms with van der Waals surface area (Å²) in [6.45, 7) is 0.723. The molecule has 0 spiro atoms. The third-order valence-electron chi connectivity index (χ3n) is 2.92. The number of primary amides is 1. The van der Waals surface area contributed by atoms with Crippen molar-refractivity contribution in [3.8, 4) is 0 Å². The molecule has 0 aliphatic heterocycles. The van der Waals surface area contributed by atoms with Crippen LogP contribution in [0.1, 0.15) is 21.7 Å². The molecule has 0 aliphatic rings. The highest BCUT2D eigenvalue weighted by Crippen LogP contribution is 2.23. The third-order valence-corrected chi connectivity index (χ3v) is 4.13. The molecule has 6 heteroatoms. The Kier molecular flexibility index (Phi) is 5.36. The first-order valence-corrected chi connectivity index (χ1v) is 7.62. The van der Waals surface area contributed by atoms with Crippen molar-refractivity contribution < 1.29 is 9.59 Å². The second-order valence-corrected chi connectivity index (χ2v) is 6.25. The maximum Gasteiger partial charge on any atom is 0.264 e. The molecule has 2 rings (SSSR count). The van der Waals surface area contributed by atoms with Gasteiger partial charge in [0.25, 0.3) is 5.91 Å². The standard InChI is InChI=1S/C15H15ClN2O2S/c16-13-7-6-12(21-13)15(20)18(9-8-14(17)19)10-11-4-2-1-3-5-11/h1-7H,8-10H2,(H2,17,19). The maximum atomic E-state index is 12.5. The van der Waals surface area contributed by atoms with Gasteiger partial charge in [-0.05, 0) is 17.7 Å². The van der Waals surface area contributed by atoms with Gasteiger partial charge in [-0.15, -0.1) is 11.3 Å². The number of nitrogens with zero attached hydrogens (tertiary/aromatic N) is 1. The molecule has 110 valence electrons. The van der Waals surface area contributed by atoms with Gasteiger partial charge < -0.3 is 10.6 Å². The van der Waals surface area contributed by atoms with Crippen LogP contribution in [-0.4, -0.2) is 23.3 Å². The molecule has 0 fully saturated rings. The molecule has 0 radical (unpaired) electrons. The Bertz CT molecular complexity index is 628. The Hall–Kier alpha value is -1.85. The topological polar surface area (TPSA) is 63.4 Å². The van der Waals surface area contributed by atoms with Crippen molar-refractivity contribution in [2.45, 2.75) is 13.0 Å². The smallest absolute Gasteiger partial charge is 0.264 e. The molecule has 2 aromatic rings. The van der Waals surface area contributed by atoms with Crippen LogP contribution in [0.25, 0.3) is 0 Å². The maximum absolute atomic E-state index is 12.5. The Morgan fingerprint density at radius 3 is 2.43 bits per heavy atom. The monoisotopic (exact) mass is 322 g/mol. The summed E-state index contributed by atoms with van der Waals surface area (Å²) in [4.78, 5) is 25.7. The van der Waals surface area contributed by atoms with E-state index in [2.05, 4.69) is 0 Å². The largest absolute Gasteiger partial charge is 0.370 e. The van der Waals surface area contributed by atoms with Crippen molar-refractivity contribution in [2.75, 3.05) is 6.54 Å². The van der Waals surface area contributed by atoms with E-state index < -0.39 is 5.91 Å². The van der Waals surface area contributed by atoms with E-state index in [1.807, 2.05) is 30.3 Å². The minimum atomic E-state index is -0.426. The quantitative estimate of drug-likeness (QED) is 0.888. The van der Waals surface area contributed by atoms with Gasteiger partial charge in [-0.1, -0.05) is 41.9 Å². The van der Waals surface area contributed by atoms with E-state index >= 15 is 0 Å². The lowest BCUT2D eigenvalue weighted by atomic mass is 10.2. The first-order chi connectivity index (χ1) is 10.1. The van der Waals surface area contributed by atoms with Crippen LogP contribution in [0.4, 0.5) is 0 Å². The molecule has 0 aliphatic carbocycles. The fourth-order valence-electron chi connectivity index (χ4n) is 1.89. The Morgan fingerprint density at radius 2 is 1.86 bits per heavy atom. The first kappa shape index (κ1) is 15.5. The van der Waals surface area contributed by atoms with E-state index in [9.17, 15) is 9.59 Å². The third kappa shape index (κ3) is 4.58. The molecule has 0 atom stereocenters. The molecule has 21 heavy (non-hydrogen) atoms. The second kappa shape index (κ2) is 7.24. The van der Waals surface area contributed by atoms with Crippen molar-refractivity contribution >= 4 is 34.8 Å². The van der Waals surface area contributed by atoms with Crippen LogP contribution in [0.3, 0.4) is 0 Å². The average molecular weight is 323 g/mol. The van der Waals surface area contributed by atoms with E-state index in [4.69, 9.17) is 17.3 Å². The van der Waals surface area contributed by atoms with E-state index in [0.717, 1.165) is 5.56 Å². The van der Waals surface area contributed by atoms with Gasteiger partial charge in [0.1, 0.15) is 0 Å². The normalized spacial score (nSPS) is 10.3. The van der Waals surface area contributed by atoms with Crippen LogP contribution in [0.5, 0.6) is 0 Å². The summed E-state index contributed by atoms with van der Waals surface area (Å²) >= 11 is 7.10. The molecule has 1 aromatic carbocycles. The van der Waals surface area contributed by atoms with Gasteiger partial charge in [0.2, 0.25) is 5.91 Å². The number of hydrogen-bond donors (Lipinski definition) is 1. The Morgan fingerprint density at radius 1 is 1.14 bits per heavy atom. The van der Waals surface area contributed by atoms with E-state index in [0.29, 0.717) is 22.3 Å². The summed E-state index contributed by atoms with van der Waals surface area (Å²) < 4.78 is 0.563. The molecular weight excluding hydrogens is 308 g/mol. The molecule has 0 saturated carbocycles. The second-order valence-electron chi connectivity index (χ2n) is 4.53. The molecule has 0 saturated heterocycles. The van der Waals surface area contributed by atoms with E-state index in [-0.39, 0.29) is 12.3 Å². The number of amides is 2. The highest BCUT2D eigenvalue weighted by molar-refractivity contribution is 7.17. The minimum absolute atomic E-state index is 0.137. The minimum Gasteiger partial charge on any atom is -0.370 e. The number of benzene rings is 1. The predicted molar refractivity (Wildman–Crippen MR) is 84.3 cm³/mol. The number of nitrogens with two attached hydrogens (primary N) is 1. The summed E-state index contributed by atoms with van der Waals surface area (Å²) in [6, 6.07) is 13.0. The summed E-state index contributed by atoms with van der Waals surface area (Å²) in [5, 5.41) is 0. The Balaban J connectivity index is 2.14. The zero-order chi connectivity index (χ0) is 15.2. The van der Waals surface area contributed by atoms with Gasteiger partial charge in [0, 0.05) is 19.5 Å². The zero-order valence-electron chi connectivity index (χ0n) is 11.3. The zero-order valence-corrected chi connectivity index (χ0v) is 12.9. The van der Waals surface area contributed by atoms with Gasteiger partial charge in [-0.2, -0.15) is 0 Å². The van der Waals surface area contributed by atoms with Crippen LogP contribution in [-0.2, 0) is 11.3 Å². The number of hydrogen-bond acceptors (Lipinski definition) is 3. The fraction of sp³-hybridized carbons (Fsp3) is 0.200. The van der Waals surface area contributed by atoms with Crippen molar-refractivity contribution in [2.24, 2.45) is 5.73 Å². The lowest BCUT2D eigenvalue weighted by molar-refractivity contribution is -0.118. The van der Waals surface area contributed by atoms with E-state index in [1.54, 1.807) is 17.0 Å². The van der Waals surface area contributed by atoms with Crippen molar-refractivity contribution in [3.63, 3.8) is 0 Å². The molecule has 2 N–H and O–H groups in total. The fourth-order valence-corrected chi connectivity index (χ4v) is 2.90. The highest BCUT2D eigenvalue weighted by Gasteiger charge is 2.18. The summed E-state index contributed by atoms with van der Waals surface area (Å²) in [5.74, 6) is -0.568. The molecule has 1 aromatic heterocycles. The van der Waals surface area contributed by atoms with Crippen molar-refractivity contribution in [1.82, 2.24) is 4.90 Å². The summed E-state index contributed by atoms with van der Waals surface area (Å²) in [7, 11) is 0. The van der Waals surface area contributed by atoms with Gasteiger partial charge in [-0.25, -0.2) is 0 Å². The average Bonchev–Trinajstić information content (AvgIpc) is 2.90. The SMILES string of the molecule is NC(=O)CCN(Cc1ccccc1)C(=O)c1ccc(Cl)s1. The van der Waals surface area contributed by atoms with Gasteiger partial charge in [-0.3, -0.25) is 9.59 Å². The lowest BCUT2D eigenvalue weighted by Crippen LogP contribution is -2.33. The number of halogens is 1. The molecule has 2 amide bonds. The number of rotatable bonds is 6. The molecule has 0 unspecified atom stereocenters.